The quantitative estimate of drug-likeness (QED) is 0.547. The summed E-state index contributed by atoms with van der Waals surface area (Å²) in [6.45, 7) is 3.09. The largest absolute Gasteiger partial charge is 0.492 e. The Morgan fingerprint density at radius 1 is 1.10 bits per heavy atom. The summed E-state index contributed by atoms with van der Waals surface area (Å²) in [5.74, 6) is 0.403. The maximum absolute atomic E-state index is 12.5. The van der Waals surface area contributed by atoms with E-state index in [9.17, 15) is 9.59 Å². The lowest BCUT2D eigenvalue weighted by Crippen LogP contribution is -2.33. The molecule has 0 atom stereocenters. The number of anilines is 1. The fourth-order valence-electron chi connectivity index (χ4n) is 2.73. The third-order valence-corrected chi connectivity index (χ3v) is 4.40. The van der Waals surface area contributed by atoms with Crippen molar-refractivity contribution < 1.29 is 18.8 Å². The molecule has 0 saturated carbocycles. The Bertz CT molecular complexity index is 1010. The summed E-state index contributed by atoms with van der Waals surface area (Å²) in [6.07, 6.45) is 0.340. The first-order valence-corrected chi connectivity index (χ1v) is 9.95. The number of aromatic nitrogens is 2. The van der Waals surface area contributed by atoms with Crippen molar-refractivity contribution in [3.8, 4) is 5.75 Å². The van der Waals surface area contributed by atoms with Crippen LogP contribution in [0.4, 0.5) is 10.5 Å². The summed E-state index contributed by atoms with van der Waals surface area (Å²) < 4.78 is 10.6. The lowest BCUT2D eigenvalue weighted by Gasteiger charge is -2.18. The second-order valence-electron chi connectivity index (χ2n) is 6.71. The summed E-state index contributed by atoms with van der Waals surface area (Å²) in [6, 6.07) is 16.5. The van der Waals surface area contributed by atoms with Crippen molar-refractivity contribution >= 4 is 17.6 Å². The first kappa shape index (κ1) is 21.8. The van der Waals surface area contributed by atoms with Gasteiger partial charge in [0.1, 0.15) is 5.75 Å². The van der Waals surface area contributed by atoms with Gasteiger partial charge in [0.15, 0.2) is 5.82 Å². The van der Waals surface area contributed by atoms with E-state index in [0.29, 0.717) is 43.4 Å². The van der Waals surface area contributed by atoms with Crippen LogP contribution >= 0.6 is 0 Å². The zero-order valence-corrected chi connectivity index (χ0v) is 17.5. The number of nitrogens with zero attached hydrogens (tertiary/aromatic N) is 3. The van der Waals surface area contributed by atoms with Crippen LogP contribution in [0.25, 0.3) is 0 Å². The first-order chi connectivity index (χ1) is 15.1. The van der Waals surface area contributed by atoms with Gasteiger partial charge in [-0.15, -0.1) is 0 Å². The van der Waals surface area contributed by atoms with Gasteiger partial charge in [-0.1, -0.05) is 47.6 Å². The molecule has 0 saturated heterocycles. The molecule has 3 rings (SSSR count). The Kier molecular flexibility index (Phi) is 7.58. The fourth-order valence-corrected chi connectivity index (χ4v) is 2.73. The second-order valence-corrected chi connectivity index (χ2v) is 6.71. The maximum atomic E-state index is 12.5. The number of urea groups is 1. The monoisotopic (exact) mass is 423 g/mol. The SMILES string of the molecule is CCOc1ccccc1NC(=O)N(C)CCc1noc(C(=O)NCc2ccccc2)n1. The highest BCUT2D eigenvalue weighted by atomic mass is 16.5. The van der Waals surface area contributed by atoms with E-state index in [0.717, 1.165) is 5.56 Å². The minimum atomic E-state index is -0.443. The molecule has 0 spiro atoms. The number of rotatable bonds is 9. The van der Waals surface area contributed by atoms with Crippen LogP contribution in [0.2, 0.25) is 0 Å². The number of nitrogens with one attached hydrogen (secondary N) is 2. The molecule has 2 aromatic carbocycles. The summed E-state index contributed by atoms with van der Waals surface area (Å²) in [7, 11) is 1.66. The van der Waals surface area contributed by atoms with E-state index in [-0.39, 0.29) is 11.9 Å². The molecule has 1 aromatic heterocycles. The molecular weight excluding hydrogens is 398 g/mol. The first-order valence-electron chi connectivity index (χ1n) is 9.95. The van der Waals surface area contributed by atoms with Gasteiger partial charge in [0.25, 0.3) is 0 Å². The van der Waals surface area contributed by atoms with E-state index in [1.54, 1.807) is 19.2 Å². The molecule has 9 heteroatoms. The molecule has 0 radical (unpaired) electrons. The van der Waals surface area contributed by atoms with Crippen LogP contribution in [0.3, 0.4) is 0 Å². The van der Waals surface area contributed by atoms with E-state index in [1.807, 2.05) is 49.4 Å². The van der Waals surface area contributed by atoms with E-state index in [2.05, 4.69) is 20.8 Å². The van der Waals surface area contributed by atoms with Crippen molar-refractivity contribution in [2.75, 3.05) is 25.5 Å². The topological polar surface area (TPSA) is 110 Å². The van der Waals surface area contributed by atoms with Crippen LogP contribution in [0.15, 0.2) is 59.1 Å². The van der Waals surface area contributed by atoms with Crippen molar-refractivity contribution in [1.29, 1.82) is 0 Å². The zero-order chi connectivity index (χ0) is 22.1. The average Bonchev–Trinajstić information content (AvgIpc) is 3.27. The number of hydrogen-bond acceptors (Lipinski definition) is 6. The summed E-state index contributed by atoms with van der Waals surface area (Å²) in [5.41, 5.74) is 1.56. The normalized spacial score (nSPS) is 10.4. The van der Waals surface area contributed by atoms with Crippen molar-refractivity contribution in [3.05, 3.63) is 71.9 Å². The van der Waals surface area contributed by atoms with Crippen LogP contribution in [0, 0.1) is 0 Å². The number of carbonyl (C=O) groups excluding carboxylic acids is 2. The Balaban J connectivity index is 1.48. The van der Waals surface area contributed by atoms with Crippen molar-refractivity contribution in [3.63, 3.8) is 0 Å². The molecule has 1 heterocycles. The highest BCUT2D eigenvalue weighted by Crippen LogP contribution is 2.23. The molecule has 0 aliphatic heterocycles. The summed E-state index contributed by atoms with van der Waals surface area (Å²) >= 11 is 0. The molecule has 162 valence electrons. The number of hydrogen-bond donors (Lipinski definition) is 2. The van der Waals surface area contributed by atoms with Crippen molar-refractivity contribution in [1.82, 2.24) is 20.4 Å². The third kappa shape index (κ3) is 6.30. The van der Waals surface area contributed by atoms with Crippen LogP contribution in [-0.2, 0) is 13.0 Å². The summed E-state index contributed by atoms with van der Waals surface area (Å²) in [5, 5.41) is 9.37. The van der Waals surface area contributed by atoms with Gasteiger partial charge >= 0.3 is 17.8 Å². The van der Waals surface area contributed by atoms with Gasteiger partial charge in [-0.05, 0) is 24.6 Å². The number of para-hydroxylation sites is 2. The van der Waals surface area contributed by atoms with Gasteiger partial charge in [-0.25, -0.2) is 4.79 Å². The van der Waals surface area contributed by atoms with Gasteiger partial charge in [-0.2, -0.15) is 4.98 Å². The number of benzene rings is 2. The van der Waals surface area contributed by atoms with Gasteiger partial charge in [0.2, 0.25) is 0 Å². The average molecular weight is 423 g/mol. The van der Waals surface area contributed by atoms with Gasteiger partial charge in [0, 0.05) is 26.6 Å². The van der Waals surface area contributed by atoms with Crippen molar-refractivity contribution in [2.24, 2.45) is 0 Å². The molecule has 9 nitrogen and oxygen atoms in total. The number of amides is 3. The van der Waals surface area contributed by atoms with Crippen LogP contribution < -0.4 is 15.4 Å². The molecule has 3 aromatic rings. The Hall–Kier alpha value is -3.88. The fraction of sp³-hybridized carbons (Fsp3) is 0.273. The molecule has 0 aliphatic rings. The Morgan fingerprint density at radius 2 is 1.84 bits per heavy atom. The molecule has 3 amide bonds. The maximum Gasteiger partial charge on any atom is 0.321 e. The summed E-state index contributed by atoms with van der Waals surface area (Å²) in [4.78, 5) is 30.2. The Labute approximate surface area is 180 Å². The van der Waals surface area contributed by atoms with E-state index in [1.165, 1.54) is 4.90 Å². The van der Waals surface area contributed by atoms with Gasteiger partial charge < -0.3 is 24.8 Å². The smallest absolute Gasteiger partial charge is 0.321 e. The van der Waals surface area contributed by atoms with Crippen molar-refractivity contribution in [2.45, 2.75) is 19.9 Å². The second kappa shape index (κ2) is 10.8. The van der Waals surface area contributed by atoms with Crippen LogP contribution in [0.5, 0.6) is 5.75 Å². The number of carbonyl (C=O) groups is 2. The molecule has 0 fully saturated rings. The predicted molar refractivity (Wildman–Crippen MR) is 115 cm³/mol. The van der Waals surface area contributed by atoms with Crippen LogP contribution in [-0.4, -0.2) is 47.2 Å². The van der Waals surface area contributed by atoms with Gasteiger partial charge in [-0.3, -0.25) is 4.79 Å². The lowest BCUT2D eigenvalue weighted by molar-refractivity contribution is 0.0907. The number of ether oxygens (including phenoxy) is 1. The molecular formula is C22H25N5O4. The number of likely N-dealkylation sites (N-methyl/N-ethyl adjacent to an activating group) is 1. The molecule has 0 bridgehead atoms. The third-order valence-electron chi connectivity index (χ3n) is 4.40. The molecule has 0 unspecified atom stereocenters. The van der Waals surface area contributed by atoms with E-state index < -0.39 is 5.91 Å². The highest BCUT2D eigenvalue weighted by molar-refractivity contribution is 5.91. The predicted octanol–water partition coefficient (Wildman–Crippen LogP) is 3.10. The standard InChI is InChI=1S/C22H25N5O4/c1-3-30-18-12-8-7-11-17(18)24-22(29)27(2)14-13-19-25-21(31-26-19)20(28)23-15-16-9-5-4-6-10-16/h4-12H,3,13-15H2,1-2H3,(H,23,28)(H,24,29). The minimum absolute atomic E-state index is 0.108. The minimum Gasteiger partial charge on any atom is -0.492 e. The molecule has 0 aliphatic carbocycles. The molecule has 2 N–H and O–H groups in total. The van der Waals surface area contributed by atoms with Gasteiger partial charge in [0.05, 0.1) is 12.3 Å². The lowest BCUT2D eigenvalue weighted by atomic mass is 10.2. The Morgan fingerprint density at radius 3 is 2.61 bits per heavy atom. The highest BCUT2D eigenvalue weighted by Gasteiger charge is 2.17. The van der Waals surface area contributed by atoms with E-state index >= 15 is 0 Å². The van der Waals surface area contributed by atoms with E-state index in [4.69, 9.17) is 9.26 Å². The molecule has 31 heavy (non-hydrogen) atoms. The van der Waals surface area contributed by atoms with Crippen LogP contribution in [0.1, 0.15) is 29.0 Å². The zero-order valence-electron chi connectivity index (χ0n) is 17.5.